The number of nitrogens with one attached hydrogen (secondary N) is 1. The summed E-state index contributed by atoms with van der Waals surface area (Å²) in [6.07, 6.45) is 8.67. The Morgan fingerprint density at radius 1 is 1.09 bits per heavy atom. The molecule has 0 atom stereocenters. The molecule has 0 saturated heterocycles. The zero-order chi connectivity index (χ0) is 23.4. The van der Waals surface area contributed by atoms with Crippen molar-refractivity contribution in [2.45, 2.75) is 38.1 Å². The lowest BCUT2D eigenvalue weighted by atomic mass is 9.97. The quantitative estimate of drug-likeness (QED) is 0.445. The second-order valence-electron chi connectivity index (χ2n) is 8.45. The summed E-state index contributed by atoms with van der Waals surface area (Å²) in [5.74, 6) is 0.139. The fourth-order valence-corrected chi connectivity index (χ4v) is 4.21. The molecule has 1 saturated carbocycles. The molecular weight excluding hydrogens is 415 g/mol. The van der Waals surface area contributed by atoms with Gasteiger partial charge in [0.05, 0.1) is 16.9 Å². The molecule has 1 aliphatic carbocycles. The smallest absolute Gasteiger partial charge is 0.148 e. The van der Waals surface area contributed by atoms with E-state index in [2.05, 4.69) is 15.0 Å². The van der Waals surface area contributed by atoms with Crippen LogP contribution in [-0.4, -0.2) is 27.4 Å². The Hall–Kier alpha value is -3.63. The van der Waals surface area contributed by atoms with Crippen LogP contribution in [0.5, 0.6) is 0 Å². The van der Waals surface area contributed by atoms with Crippen LogP contribution in [0.4, 0.5) is 10.2 Å². The van der Waals surface area contributed by atoms with E-state index in [9.17, 15) is 4.39 Å². The summed E-state index contributed by atoms with van der Waals surface area (Å²) in [6, 6.07) is 16.9. The standard InChI is InChI=1S/C20H16FN5.C6H13N/c1-23-20-11-19(13-3-4-15(12-22)17(21)10-13)26(24-20)16-5-6-18-14(9-16)7-8-25(18)2;7-6-4-2-1-3-5-6/h3-11H,1-2H3,(H,23,24);6H,1-5,7H2. The summed E-state index contributed by atoms with van der Waals surface area (Å²) >= 11 is 0. The number of nitrogens with zero attached hydrogens (tertiary/aromatic N) is 4. The van der Waals surface area contributed by atoms with E-state index in [-0.39, 0.29) is 5.56 Å². The molecule has 0 amide bonds. The van der Waals surface area contributed by atoms with Gasteiger partial charge >= 0.3 is 0 Å². The van der Waals surface area contributed by atoms with Crippen molar-refractivity contribution in [2.75, 3.05) is 12.4 Å². The van der Waals surface area contributed by atoms with E-state index >= 15 is 0 Å². The number of anilines is 1. The van der Waals surface area contributed by atoms with E-state index in [1.165, 1.54) is 44.2 Å². The van der Waals surface area contributed by atoms with Crippen molar-refractivity contribution in [3.8, 4) is 23.0 Å². The van der Waals surface area contributed by atoms with Gasteiger partial charge < -0.3 is 15.6 Å². The Morgan fingerprint density at radius 3 is 2.52 bits per heavy atom. The molecule has 0 bridgehead atoms. The maximum Gasteiger partial charge on any atom is 0.148 e. The average molecular weight is 445 g/mol. The molecule has 0 radical (unpaired) electrons. The molecule has 4 aromatic rings. The highest BCUT2D eigenvalue weighted by Gasteiger charge is 2.14. The minimum absolute atomic E-state index is 0.0272. The van der Waals surface area contributed by atoms with E-state index in [1.54, 1.807) is 17.8 Å². The van der Waals surface area contributed by atoms with Crippen LogP contribution in [0.25, 0.3) is 27.8 Å². The van der Waals surface area contributed by atoms with Crippen molar-refractivity contribution in [1.29, 1.82) is 5.26 Å². The van der Waals surface area contributed by atoms with Crippen molar-refractivity contribution in [3.05, 3.63) is 66.1 Å². The zero-order valence-corrected chi connectivity index (χ0v) is 19.1. The van der Waals surface area contributed by atoms with E-state index in [0.717, 1.165) is 22.3 Å². The van der Waals surface area contributed by atoms with Gasteiger partial charge in [0.2, 0.25) is 0 Å². The molecule has 6 nitrogen and oxygen atoms in total. The number of aryl methyl sites for hydroxylation is 1. The Morgan fingerprint density at radius 2 is 1.88 bits per heavy atom. The molecule has 0 spiro atoms. The lowest BCUT2D eigenvalue weighted by molar-refractivity contribution is 0.441. The van der Waals surface area contributed by atoms with Crippen LogP contribution in [0.1, 0.15) is 37.7 Å². The van der Waals surface area contributed by atoms with E-state index in [0.29, 0.717) is 17.4 Å². The van der Waals surface area contributed by atoms with Gasteiger partial charge in [0.15, 0.2) is 0 Å². The molecule has 170 valence electrons. The maximum absolute atomic E-state index is 14.1. The first-order valence-electron chi connectivity index (χ1n) is 11.3. The van der Waals surface area contributed by atoms with E-state index in [4.69, 9.17) is 11.0 Å². The Kier molecular flexibility index (Phi) is 6.76. The third-order valence-corrected chi connectivity index (χ3v) is 6.11. The molecule has 2 heterocycles. The summed E-state index contributed by atoms with van der Waals surface area (Å²) in [5.41, 5.74) is 9.07. The molecule has 7 heteroatoms. The minimum atomic E-state index is -0.540. The topological polar surface area (TPSA) is 84.6 Å². The largest absolute Gasteiger partial charge is 0.372 e. The number of hydrogen-bond acceptors (Lipinski definition) is 4. The third kappa shape index (κ3) is 4.91. The van der Waals surface area contributed by atoms with Crippen molar-refractivity contribution in [3.63, 3.8) is 0 Å². The van der Waals surface area contributed by atoms with Crippen molar-refractivity contribution in [1.82, 2.24) is 14.3 Å². The van der Waals surface area contributed by atoms with Crippen LogP contribution in [0.3, 0.4) is 0 Å². The SMILES string of the molecule is CNc1cc(-c2ccc(C#N)c(F)c2)n(-c2ccc3c(ccn3C)c2)n1.NC1CCCCC1. The molecule has 1 aliphatic rings. The van der Waals surface area contributed by atoms with Gasteiger partial charge in [-0.05, 0) is 49.2 Å². The van der Waals surface area contributed by atoms with Crippen molar-refractivity contribution in [2.24, 2.45) is 12.8 Å². The highest BCUT2D eigenvalue weighted by Crippen LogP contribution is 2.29. The number of halogens is 1. The van der Waals surface area contributed by atoms with Crippen LogP contribution >= 0.6 is 0 Å². The van der Waals surface area contributed by atoms with Gasteiger partial charge in [-0.3, -0.25) is 0 Å². The number of rotatable bonds is 3. The number of benzene rings is 2. The molecule has 33 heavy (non-hydrogen) atoms. The molecular formula is C26H29FN6. The van der Waals surface area contributed by atoms with Crippen LogP contribution in [-0.2, 0) is 7.05 Å². The molecule has 0 aliphatic heterocycles. The monoisotopic (exact) mass is 444 g/mol. The Labute approximate surface area is 193 Å². The fraction of sp³-hybridized carbons (Fsp3) is 0.308. The van der Waals surface area contributed by atoms with Crippen LogP contribution in [0, 0.1) is 17.1 Å². The molecule has 2 aromatic heterocycles. The molecule has 3 N–H and O–H groups in total. The van der Waals surface area contributed by atoms with Gasteiger partial charge in [-0.25, -0.2) is 9.07 Å². The summed E-state index contributed by atoms with van der Waals surface area (Å²) in [5, 5.41) is 17.6. The minimum Gasteiger partial charge on any atom is -0.372 e. The van der Waals surface area contributed by atoms with Crippen LogP contribution in [0.2, 0.25) is 0 Å². The fourth-order valence-electron chi connectivity index (χ4n) is 4.21. The Bertz CT molecular complexity index is 1290. The average Bonchev–Trinajstić information content (AvgIpc) is 3.43. The van der Waals surface area contributed by atoms with Crippen molar-refractivity contribution < 1.29 is 4.39 Å². The van der Waals surface area contributed by atoms with Gasteiger partial charge in [0.1, 0.15) is 17.7 Å². The molecule has 0 unspecified atom stereocenters. The van der Waals surface area contributed by atoms with Gasteiger partial charge in [0, 0.05) is 48.9 Å². The maximum atomic E-state index is 14.1. The normalized spacial score (nSPS) is 13.9. The van der Waals surface area contributed by atoms with Gasteiger partial charge in [-0.2, -0.15) is 5.26 Å². The highest BCUT2D eigenvalue weighted by molar-refractivity contribution is 5.82. The van der Waals surface area contributed by atoms with Gasteiger partial charge in [-0.1, -0.05) is 25.3 Å². The number of nitrogens with two attached hydrogens (primary N) is 1. The lowest BCUT2D eigenvalue weighted by Crippen LogP contribution is -2.22. The first-order chi connectivity index (χ1) is 16.0. The third-order valence-electron chi connectivity index (χ3n) is 6.11. The number of nitriles is 1. The second-order valence-corrected chi connectivity index (χ2v) is 8.45. The Balaban J connectivity index is 0.000000318. The van der Waals surface area contributed by atoms with Crippen LogP contribution in [0.15, 0.2) is 54.7 Å². The predicted molar refractivity (Wildman–Crippen MR) is 131 cm³/mol. The van der Waals surface area contributed by atoms with Gasteiger partial charge in [-0.15, -0.1) is 5.10 Å². The number of fused-ring (bicyclic) bond motifs is 1. The molecule has 2 aromatic carbocycles. The number of hydrogen-bond donors (Lipinski definition) is 2. The molecule has 1 fully saturated rings. The highest BCUT2D eigenvalue weighted by atomic mass is 19.1. The first-order valence-corrected chi connectivity index (χ1v) is 11.3. The van der Waals surface area contributed by atoms with Crippen molar-refractivity contribution >= 4 is 16.7 Å². The van der Waals surface area contributed by atoms with Gasteiger partial charge in [0.25, 0.3) is 0 Å². The molecule has 5 rings (SSSR count). The van der Waals surface area contributed by atoms with Crippen LogP contribution < -0.4 is 11.1 Å². The first kappa shape index (κ1) is 22.6. The summed E-state index contributed by atoms with van der Waals surface area (Å²) in [7, 11) is 3.79. The summed E-state index contributed by atoms with van der Waals surface area (Å²) < 4.78 is 17.9. The summed E-state index contributed by atoms with van der Waals surface area (Å²) in [4.78, 5) is 0. The second kappa shape index (κ2) is 9.88. The zero-order valence-electron chi connectivity index (χ0n) is 19.1. The summed E-state index contributed by atoms with van der Waals surface area (Å²) in [6.45, 7) is 0. The lowest BCUT2D eigenvalue weighted by Gasteiger charge is -2.15. The predicted octanol–water partition coefficient (Wildman–Crippen LogP) is 5.36. The van der Waals surface area contributed by atoms with E-state index < -0.39 is 5.82 Å². The van der Waals surface area contributed by atoms with E-state index in [1.807, 2.05) is 49.6 Å². The number of aromatic nitrogens is 3.